The fraction of sp³-hybridized carbons (Fsp3) is 0.560. The van der Waals surface area contributed by atoms with Gasteiger partial charge in [0.05, 0.1) is 6.07 Å². The normalized spacial score (nSPS) is 12.5. The standard InChI is InChI=1S/C25H37N5O6/c1-5-6-7-14-28-22(33)21(17-9-8-10-18(31)16-17)30(15-13-26)23(34)19(11-12-20(27)32)29-24(35)36-25(2,3)4/h8-10,16,19,21,31H,5-7,11-12,14-15H2,1-4H3,(H2,27,32)(H,28,33)(H,29,35). The summed E-state index contributed by atoms with van der Waals surface area (Å²) >= 11 is 0. The van der Waals surface area contributed by atoms with Gasteiger partial charge in [-0.1, -0.05) is 31.9 Å². The van der Waals surface area contributed by atoms with Crippen molar-refractivity contribution in [2.45, 2.75) is 77.5 Å². The summed E-state index contributed by atoms with van der Waals surface area (Å²) in [4.78, 5) is 51.7. The number of benzene rings is 1. The van der Waals surface area contributed by atoms with Crippen LogP contribution in [0, 0.1) is 11.3 Å². The number of carbonyl (C=O) groups excluding carboxylic acids is 4. The second-order valence-electron chi connectivity index (χ2n) is 9.32. The van der Waals surface area contributed by atoms with E-state index in [2.05, 4.69) is 10.6 Å². The van der Waals surface area contributed by atoms with Crippen molar-refractivity contribution in [1.29, 1.82) is 5.26 Å². The zero-order valence-corrected chi connectivity index (χ0v) is 21.4. The number of phenolic OH excluding ortho intramolecular Hbond substituents is 1. The lowest BCUT2D eigenvalue weighted by Crippen LogP contribution is -2.53. The van der Waals surface area contributed by atoms with Gasteiger partial charge >= 0.3 is 6.09 Å². The number of carbonyl (C=O) groups is 4. The number of phenols is 1. The lowest BCUT2D eigenvalue weighted by atomic mass is 10.0. The van der Waals surface area contributed by atoms with Crippen molar-refractivity contribution in [3.63, 3.8) is 0 Å². The maximum absolute atomic E-state index is 13.6. The summed E-state index contributed by atoms with van der Waals surface area (Å²) in [5.41, 5.74) is 4.68. The summed E-state index contributed by atoms with van der Waals surface area (Å²) in [6.45, 7) is 6.83. The summed E-state index contributed by atoms with van der Waals surface area (Å²) in [5.74, 6) is -2.14. The largest absolute Gasteiger partial charge is 0.508 e. The van der Waals surface area contributed by atoms with Crippen LogP contribution in [0.3, 0.4) is 0 Å². The molecular weight excluding hydrogens is 466 g/mol. The molecule has 11 heteroatoms. The third kappa shape index (κ3) is 10.6. The second kappa shape index (κ2) is 14.6. The minimum Gasteiger partial charge on any atom is -0.508 e. The van der Waals surface area contributed by atoms with Gasteiger partial charge in [0, 0.05) is 13.0 Å². The molecule has 36 heavy (non-hydrogen) atoms. The van der Waals surface area contributed by atoms with Crippen molar-refractivity contribution in [2.24, 2.45) is 5.73 Å². The van der Waals surface area contributed by atoms with Crippen molar-refractivity contribution < 1.29 is 29.0 Å². The van der Waals surface area contributed by atoms with Crippen molar-refractivity contribution >= 4 is 23.8 Å². The van der Waals surface area contributed by atoms with E-state index in [1.54, 1.807) is 26.8 Å². The first-order valence-electron chi connectivity index (χ1n) is 11.9. The minimum absolute atomic E-state index is 0.127. The van der Waals surface area contributed by atoms with Crippen molar-refractivity contribution in [1.82, 2.24) is 15.5 Å². The first-order valence-corrected chi connectivity index (χ1v) is 11.9. The van der Waals surface area contributed by atoms with Gasteiger partial charge in [0.1, 0.15) is 30.0 Å². The van der Waals surface area contributed by atoms with Crippen LogP contribution in [-0.4, -0.2) is 58.6 Å². The van der Waals surface area contributed by atoms with Crippen molar-refractivity contribution in [3.8, 4) is 11.8 Å². The number of ether oxygens (including phenoxy) is 1. The predicted octanol–water partition coefficient (Wildman–Crippen LogP) is 2.25. The van der Waals surface area contributed by atoms with E-state index in [1.165, 1.54) is 18.2 Å². The van der Waals surface area contributed by atoms with Gasteiger partial charge in [-0.05, 0) is 51.3 Å². The van der Waals surface area contributed by atoms with Crippen LogP contribution >= 0.6 is 0 Å². The number of aromatic hydroxyl groups is 1. The third-order valence-electron chi connectivity index (χ3n) is 5.02. The number of nitrogens with zero attached hydrogens (tertiary/aromatic N) is 2. The van der Waals surface area contributed by atoms with E-state index in [1.807, 2.05) is 13.0 Å². The molecule has 4 amide bonds. The Labute approximate surface area is 212 Å². The zero-order valence-electron chi connectivity index (χ0n) is 21.4. The first kappa shape index (κ1) is 30.2. The summed E-state index contributed by atoms with van der Waals surface area (Å²) in [6.07, 6.45) is 1.27. The average molecular weight is 504 g/mol. The Balaban J connectivity index is 3.37. The third-order valence-corrected chi connectivity index (χ3v) is 5.02. The van der Waals surface area contributed by atoms with E-state index in [-0.39, 0.29) is 24.2 Å². The van der Waals surface area contributed by atoms with Gasteiger partial charge in [-0.2, -0.15) is 5.26 Å². The topological polar surface area (TPSA) is 175 Å². The average Bonchev–Trinajstić information content (AvgIpc) is 2.77. The maximum Gasteiger partial charge on any atom is 0.408 e. The molecule has 1 rings (SSSR count). The Bertz CT molecular complexity index is 953. The van der Waals surface area contributed by atoms with E-state index < -0.39 is 48.0 Å². The summed E-state index contributed by atoms with van der Waals surface area (Å²) < 4.78 is 5.23. The SMILES string of the molecule is CCCCCNC(=O)C(c1cccc(O)c1)N(CC#N)C(=O)C(CCC(N)=O)NC(=O)OC(C)(C)C. The number of nitriles is 1. The van der Waals surface area contributed by atoms with Crippen LogP contribution < -0.4 is 16.4 Å². The second-order valence-corrected chi connectivity index (χ2v) is 9.32. The Morgan fingerprint density at radius 3 is 2.47 bits per heavy atom. The molecule has 1 aromatic rings. The number of unbranched alkanes of at least 4 members (excludes halogenated alkanes) is 2. The van der Waals surface area contributed by atoms with Gasteiger partial charge < -0.3 is 31.1 Å². The van der Waals surface area contributed by atoms with Crippen LogP contribution in [0.25, 0.3) is 0 Å². The van der Waals surface area contributed by atoms with E-state index in [4.69, 9.17) is 10.5 Å². The van der Waals surface area contributed by atoms with Gasteiger partial charge in [-0.15, -0.1) is 0 Å². The molecule has 0 saturated carbocycles. The van der Waals surface area contributed by atoms with Crippen LogP contribution in [0.4, 0.5) is 4.79 Å². The maximum atomic E-state index is 13.6. The number of primary amides is 1. The predicted molar refractivity (Wildman–Crippen MR) is 132 cm³/mol. The number of hydrogen-bond donors (Lipinski definition) is 4. The van der Waals surface area contributed by atoms with Gasteiger partial charge in [-0.3, -0.25) is 14.4 Å². The van der Waals surface area contributed by atoms with Crippen LogP contribution in [0.2, 0.25) is 0 Å². The van der Waals surface area contributed by atoms with Gasteiger partial charge in [-0.25, -0.2) is 4.79 Å². The molecule has 0 aromatic heterocycles. The minimum atomic E-state index is -1.30. The highest BCUT2D eigenvalue weighted by atomic mass is 16.6. The molecule has 0 aliphatic heterocycles. The lowest BCUT2D eigenvalue weighted by Gasteiger charge is -2.33. The highest BCUT2D eigenvalue weighted by Crippen LogP contribution is 2.26. The molecule has 0 bridgehead atoms. The molecule has 0 aliphatic rings. The Morgan fingerprint density at radius 2 is 1.92 bits per heavy atom. The fourth-order valence-electron chi connectivity index (χ4n) is 3.42. The van der Waals surface area contributed by atoms with Crippen LogP contribution in [0.15, 0.2) is 24.3 Å². The van der Waals surface area contributed by atoms with Gasteiger partial charge in [0.15, 0.2) is 0 Å². The molecule has 198 valence electrons. The van der Waals surface area contributed by atoms with Crippen LogP contribution in [-0.2, 0) is 19.1 Å². The summed E-state index contributed by atoms with van der Waals surface area (Å²) in [6, 6.07) is 5.11. The Kier molecular flexibility index (Phi) is 12.2. The summed E-state index contributed by atoms with van der Waals surface area (Å²) in [5, 5.41) is 24.7. The van der Waals surface area contributed by atoms with Crippen molar-refractivity contribution in [3.05, 3.63) is 29.8 Å². The van der Waals surface area contributed by atoms with Crippen LogP contribution in [0.1, 0.15) is 71.4 Å². The first-order chi connectivity index (χ1) is 16.9. The highest BCUT2D eigenvalue weighted by Gasteiger charge is 2.36. The molecule has 5 N–H and O–H groups in total. The number of nitrogens with one attached hydrogen (secondary N) is 2. The Hall–Kier alpha value is -3.81. The molecule has 11 nitrogen and oxygen atoms in total. The number of alkyl carbamates (subject to hydrolysis) is 1. The van der Waals surface area contributed by atoms with Crippen LogP contribution in [0.5, 0.6) is 5.75 Å². The number of amides is 4. The van der Waals surface area contributed by atoms with E-state index in [9.17, 15) is 29.5 Å². The molecule has 0 fully saturated rings. The van der Waals surface area contributed by atoms with E-state index in [0.717, 1.165) is 24.2 Å². The molecule has 0 saturated heterocycles. The number of nitrogens with two attached hydrogens (primary N) is 1. The number of hydrogen-bond acceptors (Lipinski definition) is 7. The zero-order chi connectivity index (χ0) is 27.3. The molecule has 0 radical (unpaired) electrons. The monoisotopic (exact) mass is 503 g/mol. The van der Waals surface area contributed by atoms with Gasteiger partial charge in [0.2, 0.25) is 17.7 Å². The highest BCUT2D eigenvalue weighted by molar-refractivity contribution is 5.92. The molecule has 2 unspecified atom stereocenters. The lowest BCUT2D eigenvalue weighted by molar-refractivity contribution is -0.142. The Morgan fingerprint density at radius 1 is 1.22 bits per heavy atom. The molecule has 2 atom stereocenters. The number of rotatable bonds is 13. The smallest absolute Gasteiger partial charge is 0.408 e. The molecule has 1 aromatic carbocycles. The van der Waals surface area contributed by atoms with Crippen molar-refractivity contribution in [2.75, 3.05) is 13.1 Å². The van der Waals surface area contributed by atoms with E-state index in [0.29, 0.717) is 6.54 Å². The molecule has 0 heterocycles. The fourth-order valence-corrected chi connectivity index (χ4v) is 3.42. The summed E-state index contributed by atoms with van der Waals surface area (Å²) in [7, 11) is 0. The quantitative estimate of drug-likeness (QED) is 0.236. The molecule has 0 spiro atoms. The molecular formula is C25H37N5O6. The van der Waals surface area contributed by atoms with E-state index >= 15 is 0 Å². The van der Waals surface area contributed by atoms with Gasteiger partial charge in [0.25, 0.3) is 0 Å². The molecule has 0 aliphatic carbocycles.